The predicted octanol–water partition coefficient (Wildman–Crippen LogP) is 14.0. The van der Waals surface area contributed by atoms with Gasteiger partial charge in [0.15, 0.2) is 0 Å². The fraction of sp³-hybridized carbons (Fsp3) is 0. The van der Waals surface area contributed by atoms with Crippen molar-refractivity contribution in [3.8, 4) is 39.1 Å². The minimum atomic E-state index is 0.911. The topological polar surface area (TPSA) is 18.1 Å². The van der Waals surface area contributed by atoms with Crippen LogP contribution in [0.15, 0.2) is 192 Å². The lowest BCUT2D eigenvalue weighted by Gasteiger charge is -2.18. The molecule has 0 aliphatic heterocycles. The third-order valence-corrected chi connectivity index (χ3v) is 10.8. The smallest absolute Gasteiger partial charge is 0.143 e. The van der Waals surface area contributed by atoms with E-state index in [0.29, 0.717) is 0 Å². The molecule has 0 saturated heterocycles. The summed E-state index contributed by atoms with van der Waals surface area (Å²) in [6.45, 7) is 0. The van der Waals surface area contributed by atoms with E-state index in [9.17, 15) is 0 Å². The van der Waals surface area contributed by atoms with Crippen LogP contribution in [0, 0.1) is 0 Å². The summed E-state index contributed by atoms with van der Waals surface area (Å²) < 4.78 is 8.92. The lowest BCUT2D eigenvalue weighted by Crippen LogP contribution is -1.96. The molecule has 0 spiro atoms. The largest absolute Gasteiger partial charge is 0.455 e. The van der Waals surface area contributed by atoms with Crippen LogP contribution in [0.5, 0.6) is 0 Å². The number of aromatic nitrogens is 1. The number of rotatable bonds is 4. The number of hydrogen-bond acceptors (Lipinski definition) is 1. The Kier molecular flexibility index (Phi) is 6.28. The van der Waals surface area contributed by atoms with Crippen LogP contribution in [0.25, 0.3) is 104 Å². The quantitative estimate of drug-likeness (QED) is 0.172. The van der Waals surface area contributed by atoms with Crippen LogP contribution in [-0.4, -0.2) is 4.57 Å². The molecule has 9 aromatic carbocycles. The van der Waals surface area contributed by atoms with Crippen molar-refractivity contribution < 1.29 is 4.42 Å². The van der Waals surface area contributed by atoms with Gasteiger partial charge in [0.25, 0.3) is 0 Å². The first kappa shape index (κ1) is 28.9. The molecule has 0 atom stereocenters. The molecule has 11 rings (SSSR count). The monoisotopic (exact) mass is 661 g/mol. The maximum Gasteiger partial charge on any atom is 0.143 e. The number of hydrogen-bond donors (Lipinski definition) is 0. The molecule has 0 aliphatic rings. The maximum absolute atomic E-state index is 6.49. The van der Waals surface area contributed by atoms with Gasteiger partial charge in [-0.05, 0) is 79.7 Å². The molecular weight excluding hydrogens is 631 g/mol. The van der Waals surface area contributed by atoms with E-state index >= 15 is 0 Å². The number of furan rings is 1. The molecular formula is C50H31NO. The summed E-state index contributed by atoms with van der Waals surface area (Å²) in [7, 11) is 0. The van der Waals surface area contributed by atoms with Crippen LogP contribution >= 0.6 is 0 Å². The highest BCUT2D eigenvalue weighted by Crippen LogP contribution is 2.45. The first-order valence-electron chi connectivity index (χ1n) is 17.9. The van der Waals surface area contributed by atoms with Gasteiger partial charge in [-0.1, -0.05) is 158 Å². The van der Waals surface area contributed by atoms with Crippen molar-refractivity contribution in [2.75, 3.05) is 0 Å². The molecule has 0 radical (unpaired) electrons. The highest BCUT2D eigenvalue weighted by Gasteiger charge is 2.19. The second kappa shape index (κ2) is 11.3. The summed E-state index contributed by atoms with van der Waals surface area (Å²) >= 11 is 0. The summed E-state index contributed by atoms with van der Waals surface area (Å²) in [5.41, 5.74) is 12.5. The molecule has 0 N–H and O–H groups in total. The van der Waals surface area contributed by atoms with Crippen LogP contribution in [0.2, 0.25) is 0 Å². The molecule has 0 amide bonds. The van der Waals surface area contributed by atoms with E-state index in [2.05, 4.69) is 187 Å². The zero-order valence-electron chi connectivity index (χ0n) is 28.3. The highest BCUT2D eigenvalue weighted by molar-refractivity contribution is 6.21. The predicted molar refractivity (Wildman–Crippen MR) is 219 cm³/mol. The van der Waals surface area contributed by atoms with Crippen molar-refractivity contribution in [3.63, 3.8) is 0 Å². The van der Waals surface area contributed by atoms with Gasteiger partial charge >= 0.3 is 0 Å². The standard InChI is InChI=1S/C50H31NO/c1-2-14-32(15-3-1)48-40-20-4-6-22-42(40)49(43-23-7-5-21-41(43)48)34-16-12-17-35(30-34)51-45-26-10-8-18-37(45)38-29-28-33(31-46(38)51)36-24-13-25-44-39-19-9-11-27-47(39)52-50(36)44/h1-31H. The van der Waals surface area contributed by atoms with Crippen molar-refractivity contribution in [1.29, 1.82) is 0 Å². The molecule has 2 heterocycles. The van der Waals surface area contributed by atoms with Gasteiger partial charge in [-0.3, -0.25) is 0 Å². The number of benzene rings is 9. The number of fused-ring (bicyclic) bond motifs is 8. The molecule has 11 aromatic rings. The Morgan fingerprint density at radius 3 is 1.63 bits per heavy atom. The summed E-state index contributed by atoms with van der Waals surface area (Å²) in [5.74, 6) is 0. The minimum Gasteiger partial charge on any atom is -0.455 e. The Labute approximate surface area is 300 Å². The summed E-state index contributed by atoms with van der Waals surface area (Å²) in [6, 6.07) is 68.0. The van der Waals surface area contributed by atoms with E-state index < -0.39 is 0 Å². The van der Waals surface area contributed by atoms with E-state index in [1.54, 1.807) is 0 Å². The van der Waals surface area contributed by atoms with Gasteiger partial charge in [0, 0.05) is 32.8 Å². The lowest BCUT2D eigenvalue weighted by molar-refractivity contribution is 0.670. The van der Waals surface area contributed by atoms with Gasteiger partial charge in [0.1, 0.15) is 11.2 Å². The average Bonchev–Trinajstić information content (AvgIpc) is 3.76. The van der Waals surface area contributed by atoms with Gasteiger partial charge in [-0.15, -0.1) is 0 Å². The lowest BCUT2D eigenvalue weighted by atomic mass is 9.86. The molecule has 0 fully saturated rings. The molecule has 242 valence electrons. The average molecular weight is 662 g/mol. The Hall–Kier alpha value is -6.90. The Morgan fingerprint density at radius 2 is 0.885 bits per heavy atom. The number of para-hydroxylation sites is 3. The summed E-state index contributed by atoms with van der Waals surface area (Å²) in [4.78, 5) is 0. The Balaban J connectivity index is 1.16. The molecule has 2 nitrogen and oxygen atoms in total. The minimum absolute atomic E-state index is 0.911. The van der Waals surface area contributed by atoms with Crippen LogP contribution in [0.3, 0.4) is 0 Å². The van der Waals surface area contributed by atoms with E-state index in [4.69, 9.17) is 4.42 Å². The van der Waals surface area contributed by atoms with E-state index in [-0.39, 0.29) is 0 Å². The number of nitrogens with zero attached hydrogens (tertiary/aromatic N) is 1. The summed E-state index contributed by atoms with van der Waals surface area (Å²) in [5, 5.41) is 9.76. The third kappa shape index (κ3) is 4.25. The second-order valence-electron chi connectivity index (χ2n) is 13.6. The van der Waals surface area contributed by atoms with Crippen LogP contribution < -0.4 is 0 Å². The van der Waals surface area contributed by atoms with Crippen molar-refractivity contribution >= 4 is 65.3 Å². The molecule has 2 heteroatoms. The Bertz CT molecular complexity index is 3120. The fourth-order valence-corrected chi connectivity index (χ4v) is 8.55. The van der Waals surface area contributed by atoms with E-state index in [0.717, 1.165) is 44.3 Å². The highest BCUT2D eigenvalue weighted by atomic mass is 16.3. The molecule has 0 aliphatic carbocycles. The fourth-order valence-electron chi connectivity index (χ4n) is 8.55. The van der Waals surface area contributed by atoms with Crippen molar-refractivity contribution in [1.82, 2.24) is 4.57 Å². The van der Waals surface area contributed by atoms with Gasteiger partial charge in [-0.2, -0.15) is 0 Å². The van der Waals surface area contributed by atoms with Gasteiger partial charge in [0.2, 0.25) is 0 Å². The third-order valence-electron chi connectivity index (χ3n) is 10.8. The zero-order chi connectivity index (χ0) is 34.2. The maximum atomic E-state index is 6.49. The molecule has 0 saturated carbocycles. The SMILES string of the molecule is c1ccc(-c2c3ccccc3c(-c3cccc(-n4c5ccccc5c5ccc(-c6cccc7c6oc6ccccc67)cc54)c3)c3ccccc23)cc1. The molecule has 0 bridgehead atoms. The Morgan fingerprint density at radius 1 is 0.327 bits per heavy atom. The normalized spacial score (nSPS) is 11.8. The van der Waals surface area contributed by atoms with Crippen molar-refractivity contribution in [3.05, 3.63) is 188 Å². The summed E-state index contributed by atoms with van der Waals surface area (Å²) in [6.07, 6.45) is 0. The van der Waals surface area contributed by atoms with Gasteiger partial charge in [-0.25, -0.2) is 0 Å². The van der Waals surface area contributed by atoms with E-state index in [1.807, 2.05) is 6.07 Å². The van der Waals surface area contributed by atoms with Gasteiger partial charge in [0.05, 0.1) is 11.0 Å². The van der Waals surface area contributed by atoms with Crippen LogP contribution in [0.1, 0.15) is 0 Å². The van der Waals surface area contributed by atoms with E-state index in [1.165, 1.54) is 60.1 Å². The molecule has 52 heavy (non-hydrogen) atoms. The van der Waals surface area contributed by atoms with Crippen LogP contribution in [0.4, 0.5) is 0 Å². The van der Waals surface area contributed by atoms with Crippen molar-refractivity contribution in [2.24, 2.45) is 0 Å². The first-order valence-corrected chi connectivity index (χ1v) is 17.9. The zero-order valence-corrected chi connectivity index (χ0v) is 28.3. The van der Waals surface area contributed by atoms with Gasteiger partial charge < -0.3 is 8.98 Å². The molecule has 2 aromatic heterocycles. The second-order valence-corrected chi connectivity index (χ2v) is 13.6. The van der Waals surface area contributed by atoms with Crippen molar-refractivity contribution in [2.45, 2.75) is 0 Å². The molecule has 0 unspecified atom stereocenters. The van der Waals surface area contributed by atoms with Crippen LogP contribution in [-0.2, 0) is 0 Å². The first-order chi connectivity index (χ1) is 25.8.